The van der Waals surface area contributed by atoms with E-state index in [1.807, 2.05) is 6.92 Å². The number of alkyl carbamates (subject to hydrolysis) is 1. The fraction of sp³-hybridized carbons (Fsp3) is 0.905. The van der Waals surface area contributed by atoms with E-state index in [1.165, 1.54) is 0 Å². The molecule has 0 aromatic carbocycles. The second-order valence-electron chi connectivity index (χ2n) is 10.3. The third-order valence-corrected chi connectivity index (χ3v) is 7.35. The van der Waals surface area contributed by atoms with E-state index in [4.69, 9.17) is 24.7 Å². The molecule has 4 rings (SSSR count). The molecule has 3 aliphatic heterocycles. The molecular weight excluding hydrogens is 392 g/mol. The number of amides is 2. The number of carbonyl (C=O) groups excluding carboxylic acids is 2. The molecule has 3 heterocycles. The van der Waals surface area contributed by atoms with E-state index in [9.17, 15) is 14.7 Å². The molecule has 0 aromatic heterocycles. The van der Waals surface area contributed by atoms with Gasteiger partial charge in [-0.25, -0.2) is 4.79 Å². The van der Waals surface area contributed by atoms with Crippen LogP contribution in [-0.2, 0) is 23.7 Å². The van der Waals surface area contributed by atoms with E-state index in [0.717, 1.165) is 6.42 Å². The summed E-state index contributed by atoms with van der Waals surface area (Å²) in [6, 6.07) is -0.831. The van der Waals surface area contributed by atoms with Gasteiger partial charge in [-0.1, -0.05) is 13.8 Å². The molecular formula is C21H34N2O7. The normalized spacial score (nSPS) is 44.4. The Bertz CT molecular complexity index is 722. The number of rotatable bonds is 7. The van der Waals surface area contributed by atoms with Gasteiger partial charge in [0.1, 0.15) is 23.3 Å². The molecule has 1 spiro atoms. The zero-order chi connectivity index (χ0) is 22.1. The van der Waals surface area contributed by atoms with Crippen LogP contribution in [0.25, 0.3) is 0 Å². The molecule has 0 aromatic rings. The number of carbonyl (C=O) groups is 2. The van der Waals surface area contributed by atoms with Crippen molar-refractivity contribution in [3.8, 4) is 0 Å². The fourth-order valence-corrected chi connectivity index (χ4v) is 5.20. The molecule has 4 fully saturated rings. The van der Waals surface area contributed by atoms with Crippen molar-refractivity contribution >= 4 is 12.0 Å². The van der Waals surface area contributed by atoms with Crippen molar-refractivity contribution in [2.24, 2.45) is 17.6 Å². The molecule has 2 amide bonds. The van der Waals surface area contributed by atoms with E-state index < -0.39 is 41.5 Å². The standard InChI is InChI=1S/C21H34N2O7/c1-10(2)14(17(22)25)23-18(26)28-11-6-7-21(9-27-21)16(15(11)24)20(5)13(30-20)8-12-19(3,4)29-12/h10-16,24H,6-9H2,1-5H3,(H2,22,25)(H,23,26)/t11-,12+,13-,14-,15-,16?,20?,21+/m1/s1. The Kier molecular flexibility index (Phi) is 5.12. The molecule has 30 heavy (non-hydrogen) atoms. The van der Waals surface area contributed by atoms with Gasteiger partial charge in [-0.2, -0.15) is 0 Å². The third kappa shape index (κ3) is 3.81. The molecule has 170 valence electrons. The first kappa shape index (κ1) is 21.8. The lowest BCUT2D eigenvalue weighted by atomic mass is 9.68. The summed E-state index contributed by atoms with van der Waals surface area (Å²) in [6.45, 7) is 10.2. The van der Waals surface area contributed by atoms with Crippen molar-refractivity contribution in [1.29, 1.82) is 0 Å². The lowest BCUT2D eigenvalue weighted by Crippen LogP contribution is -2.56. The second kappa shape index (κ2) is 7.05. The SMILES string of the molecule is CC(C)[C@@H](NC(=O)O[C@@H]1CC[C@]2(CO2)C(C2(C)O[C@@H]2C[C@@H]2OC2(C)C)[C@@H]1O)C(N)=O. The molecule has 2 unspecified atom stereocenters. The zero-order valence-corrected chi connectivity index (χ0v) is 18.3. The quantitative estimate of drug-likeness (QED) is 0.513. The fourth-order valence-electron chi connectivity index (χ4n) is 5.20. The molecule has 1 aliphatic carbocycles. The Morgan fingerprint density at radius 3 is 2.37 bits per heavy atom. The summed E-state index contributed by atoms with van der Waals surface area (Å²) in [7, 11) is 0. The Balaban J connectivity index is 1.40. The highest BCUT2D eigenvalue weighted by atomic mass is 16.6. The molecule has 4 N–H and O–H groups in total. The summed E-state index contributed by atoms with van der Waals surface area (Å²) < 4.78 is 23.1. The van der Waals surface area contributed by atoms with Gasteiger partial charge in [0.15, 0.2) is 0 Å². The first-order valence-electron chi connectivity index (χ1n) is 10.8. The molecule has 0 bridgehead atoms. The molecule has 8 atom stereocenters. The number of nitrogens with two attached hydrogens (primary N) is 1. The highest BCUT2D eigenvalue weighted by Crippen LogP contribution is 2.60. The van der Waals surface area contributed by atoms with Gasteiger partial charge in [-0.3, -0.25) is 4.79 Å². The van der Waals surface area contributed by atoms with Crippen LogP contribution < -0.4 is 11.1 Å². The summed E-state index contributed by atoms with van der Waals surface area (Å²) in [6.07, 6.45) is -0.348. The van der Waals surface area contributed by atoms with Gasteiger partial charge in [-0.05, 0) is 39.5 Å². The predicted octanol–water partition coefficient (Wildman–Crippen LogP) is 0.856. The summed E-state index contributed by atoms with van der Waals surface area (Å²) in [5.74, 6) is -1.10. The van der Waals surface area contributed by atoms with E-state index in [-0.39, 0.29) is 29.6 Å². The van der Waals surface area contributed by atoms with Crippen LogP contribution in [0.1, 0.15) is 53.9 Å². The topological polar surface area (TPSA) is 139 Å². The maximum absolute atomic E-state index is 12.4. The summed E-state index contributed by atoms with van der Waals surface area (Å²) >= 11 is 0. The Morgan fingerprint density at radius 1 is 1.23 bits per heavy atom. The van der Waals surface area contributed by atoms with Gasteiger partial charge in [-0.15, -0.1) is 0 Å². The van der Waals surface area contributed by atoms with Gasteiger partial charge in [0, 0.05) is 6.42 Å². The lowest BCUT2D eigenvalue weighted by molar-refractivity contribution is -0.121. The Hall–Kier alpha value is -1.42. The third-order valence-electron chi connectivity index (χ3n) is 7.35. The maximum Gasteiger partial charge on any atom is 0.408 e. The Morgan fingerprint density at radius 2 is 1.87 bits per heavy atom. The monoisotopic (exact) mass is 426 g/mol. The van der Waals surface area contributed by atoms with Crippen LogP contribution in [0.2, 0.25) is 0 Å². The van der Waals surface area contributed by atoms with E-state index in [0.29, 0.717) is 19.4 Å². The largest absolute Gasteiger partial charge is 0.443 e. The Labute approximate surface area is 176 Å². The number of epoxide rings is 3. The van der Waals surface area contributed by atoms with Crippen LogP contribution in [-0.4, -0.2) is 71.0 Å². The maximum atomic E-state index is 12.4. The average molecular weight is 427 g/mol. The highest BCUT2D eigenvalue weighted by molar-refractivity contribution is 5.84. The van der Waals surface area contributed by atoms with Crippen LogP contribution in [0.15, 0.2) is 0 Å². The number of hydrogen-bond acceptors (Lipinski definition) is 7. The summed E-state index contributed by atoms with van der Waals surface area (Å²) in [5, 5.41) is 13.7. The van der Waals surface area contributed by atoms with Gasteiger partial charge < -0.3 is 35.1 Å². The number of primary amides is 1. The molecule has 9 heteroatoms. The number of aliphatic hydroxyl groups is 1. The zero-order valence-electron chi connectivity index (χ0n) is 18.3. The van der Waals surface area contributed by atoms with Crippen molar-refractivity contribution < 1.29 is 33.6 Å². The van der Waals surface area contributed by atoms with Crippen LogP contribution in [0.5, 0.6) is 0 Å². The molecule has 1 saturated carbocycles. The number of ether oxygens (including phenoxy) is 4. The lowest BCUT2D eigenvalue weighted by Gasteiger charge is -2.41. The van der Waals surface area contributed by atoms with Crippen LogP contribution in [0.4, 0.5) is 4.79 Å². The minimum atomic E-state index is -0.929. The minimum absolute atomic E-state index is 0.0299. The van der Waals surface area contributed by atoms with Gasteiger partial charge in [0.05, 0.1) is 36.4 Å². The first-order valence-corrected chi connectivity index (χ1v) is 10.8. The van der Waals surface area contributed by atoms with Crippen molar-refractivity contribution in [3.63, 3.8) is 0 Å². The van der Waals surface area contributed by atoms with Crippen molar-refractivity contribution in [2.75, 3.05) is 6.61 Å². The summed E-state index contributed by atoms with van der Waals surface area (Å²) in [5.41, 5.74) is 4.26. The van der Waals surface area contributed by atoms with Gasteiger partial charge in [0.25, 0.3) is 0 Å². The van der Waals surface area contributed by atoms with Crippen molar-refractivity contribution in [2.45, 2.75) is 101 Å². The first-order chi connectivity index (χ1) is 13.9. The number of aliphatic hydroxyl groups excluding tert-OH is 1. The van der Waals surface area contributed by atoms with Crippen molar-refractivity contribution in [3.05, 3.63) is 0 Å². The van der Waals surface area contributed by atoms with Crippen LogP contribution in [0, 0.1) is 11.8 Å². The van der Waals surface area contributed by atoms with Crippen molar-refractivity contribution in [1.82, 2.24) is 5.32 Å². The summed E-state index contributed by atoms with van der Waals surface area (Å²) in [4.78, 5) is 23.9. The van der Waals surface area contributed by atoms with E-state index >= 15 is 0 Å². The number of nitrogens with one attached hydrogen (secondary N) is 1. The van der Waals surface area contributed by atoms with E-state index in [2.05, 4.69) is 19.2 Å². The average Bonchev–Trinajstić information content (AvgIpc) is 3.57. The highest BCUT2D eigenvalue weighted by Gasteiger charge is 2.73. The molecule has 9 nitrogen and oxygen atoms in total. The second-order valence-corrected chi connectivity index (χ2v) is 10.3. The van der Waals surface area contributed by atoms with Crippen LogP contribution >= 0.6 is 0 Å². The smallest absolute Gasteiger partial charge is 0.408 e. The van der Waals surface area contributed by atoms with Crippen LogP contribution in [0.3, 0.4) is 0 Å². The predicted molar refractivity (Wildman–Crippen MR) is 105 cm³/mol. The number of hydrogen-bond donors (Lipinski definition) is 3. The van der Waals surface area contributed by atoms with Gasteiger partial charge in [0.2, 0.25) is 5.91 Å². The van der Waals surface area contributed by atoms with Gasteiger partial charge >= 0.3 is 6.09 Å². The molecule has 3 saturated heterocycles. The molecule has 4 aliphatic rings. The minimum Gasteiger partial charge on any atom is -0.443 e. The molecule has 0 radical (unpaired) electrons. The van der Waals surface area contributed by atoms with E-state index in [1.54, 1.807) is 13.8 Å².